The number of nitriles is 1. The lowest BCUT2D eigenvalue weighted by Crippen LogP contribution is -2.31. The number of allylic oxidation sites excluding steroid dienone is 1. The Balaban J connectivity index is 2.44. The van der Waals surface area contributed by atoms with Crippen LogP contribution in [0.5, 0.6) is 0 Å². The van der Waals surface area contributed by atoms with Gasteiger partial charge in [0.15, 0.2) is 0 Å². The van der Waals surface area contributed by atoms with Gasteiger partial charge in [0.1, 0.15) is 12.4 Å². The van der Waals surface area contributed by atoms with E-state index in [1.807, 2.05) is 19.0 Å². The van der Waals surface area contributed by atoms with Crippen molar-refractivity contribution in [2.45, 2.75) is 19.8 Å². The van der Waals surface area contributed by atoms with E-state index in [0.29, 0.717) is 23.5 Å². The lowest BCUT2D eigenvalue weighted by Gasteiger charge is -2.29. The normalized spacial score (nSPS) is 20.3. The van der Waals surface area contributed by atoms with E-state index in [0.717, 1.165) is 0 Å². The first-order valence-corrected chi connectivity index (χ1v) is 8.08. The summed E-state index contributed by atoms with van der Waals surface area (Å²) in [5.41, 5.74) is 1.59. The zero-order chi connectivity index (χ0) is 18.6. The molecule has 0 fully saturated rings. The molecule has 0 aliphatic carbocycles. The van der Waals surface area contributed by atoms with Crippen LogP contribution < -0.4 is 0 Å². The number of carbonyl (C=O) groups is 1. The van der Waals surface area contributed by atoms with Crippen molar-refractivity contribution in [3.63, 3.8) is 0 Å². The molecule has 0 saturated carbocycles. The van der Waals surface area contributed by atoms with Crippen LogP contribution in [-0.2, 0) is 9.53 Å². The molecule has 132 valence electrons. The smallest absolute Gasteiger partial charge is 0.336 e. The number of rotatable bonds is 5. The molecule has 0 saturated heterocycles. The van der Waals surface area contributed by atoms with E-state index in [1.165, 1.54) is 6.07 Å². The van der Waals surface area contributed by atoms with Crippen LogP contribution in [0, 0.1) is 23.1 Å². The first kappa shape index (κ1) is 18.8. The van der Waals surface area contributed by atoms with Gasteiger partial charge in [-0.05, 0) is 39.6 Å². The summed E-state index contributed by atoms with van der Waals surface area (Å²) >= 11 is 0. The van der Waals surface area contributed by atoms with Gasteiger partial charge in [-0.15, -0.1) is 0 Å². The Bertz CT molecular complexity index is 762. The van der Waals surface area contributed by atoms with Crippen LogP contribution >= 0.6 is 0 Å². The molecule has 1 aliphatic rings. The molecule has 5 nitrogen and oxygen atoms in total. The molecule has 0 spiro atoms. The molecule has 0 amide bonds. The van der Waals surface area contributed by atoms with Crippen molar-refractivity contribution < 1.29 is 13.9 Å². The number of benzene rings is 1. The maximum absolute atomic E-state index is 14.4. The molecule has 6 heteroatoms. The fourth-order valence-corrected chi connectivity index (χ4v) is 2.93. The highest BCUT2D eigenvalue weighted by molar-refractivity contribution is 5.98. The average Bonchev–Trinajstić information content (AvgIpc) is 2.54. The number of halogens is 1. The van der Waals surface area contributed by atoms with Crippen LogP contribution in [0.4, 0.5) is 4.39 Å². The SMILES string of the molecule is CC1=NC(C)=C(C(=O)OCCN(C)C)C(c2ccccc2F)C1C#N. The summed E-state index contributed by atoms with van der Waals surface area (Å²) in [5.74, 6) is -2.44. The second-order valence-corrected chi connectivity index (χ2v) is 6.30. The Labute approximate surface area is 147 Å². The first-order valence-electron chi connectivity index (χ1n) is 8.08. The van der Waals surface area contributed by atoms with Gasteiger partial charge in [0.25, 0.3) is 0 Å². The Morgan fingerprint density at radius 3 is 2.64 bits per heavy atom. The highest BCUT2D eigenvalue weighted by Gasteiger charge is 2.39. The minimum absolute atomic E-state index is 0.215. The summed E-state index contributed by atoms with van der Waals surface area (Å²) in [7, 11) is 3.75. The number of nitrogens with zero attached hydrogens (tertiary/aromatic N) is 3. The third-order valence-electron chi connectivity index (χ3n) is 4.20. The zero-order valence-electron chi connectivity index (χ0n) is 14.9. The number of hydrogen-bond donors (Lipinski definition) is 0. The van der Waals surface area contributed by atoms with E-state index in [-0.39, 0.29) is 12.2 Å². The molecule has 0 bridgehead atoms. The third-order valence-corrected chi connectivity index (χ3v) is 4.20. The molecular weight excluding hydrogens is 321 g/mol. The Morgan fingerprint density at radius 2 is 2.04 bits per heavy atom. The molecule has 1 aliphatic heterocycles. The quantitative estimate of drug-likeness (QED) is 0.771. The van der Waals surface area contributed by atoms with Crippen LogP contribution in [0.15, 0.2) is 40.5 Å². The van der Waals surface area contributed by atoms with E-state index in [4.69, 9.17) is 4.74 Å². The molecule has 1 aromatic carbocycles. The molecule has 2 atom stereocenters. The van der Waals surface area contributed by atoms with Gasteiger partial charge in [-0.25, -0.2) is 9.18 Å². The molecule has 1 aromatic rings. The van der Waals surface area contributed by atoms with E-state index in [1.54, 1.807) is 32.0 Å². The summed E-state index contributed by atoms with van der Waals surface area (Å²) < 4.78 is 19.7. The zero-order valence-corrected chi connectivity index (χ0v) is 14.9. The molecule has 0 radical (unpaired) electrons. The van der Waals surface area contributed by atoms with Gasteiger partial charge in [-0.2, -0.15) is 5.26 Å². The first-order chi connectivity index (χ1) is 11.9. The highest BCUT2D eigenvalue weighted by Crippen LogP contribution is 2.40. The van der Waals surface area contributed by atoms with Gasteiger partial charge in [0, 0.05) is 23.9 Å². The van der Waals surface area contributed by atoms with Gasteiger partial charge in [-0.1, -0.05) is 18.2 Å². The van der Waals surface area contributed by atoms with E-state index in [9.17, 15) is 14.4 Å². The number of likely N-dealkylation sites (N-methyl/N-ethyl adjacent to an activating group) is 1. The molecule has 2 unspecified atom stereocenters. The van der Waals surface area contributed by atoms with Gasteiger partial charge in [-0.3, -0.25) is 4.99 Å². The predicted molar refractivity (Wildman–Crippen MR) is 93.6 cm³/mol. The maximum atomic E-state index is 14.4. The predicted octanol–water partition coefficient (Wildman–Crippen LogP) is 2.90. The van der Waals surface area contributed by atoms with Crippen molar-refractivity contribution >= 4 is 11.7 Å². The van der Waals surface area contributed by atoms with E-state index < -0.39 is 23.6 Å². The van der Waals surface area contributed by atoms with Gasteiger partial charge in [0.2, 0.25) is 0 Å². The summed E-state index contributed by atoms with van der Waals surface area (Å²) in [5, 5.41) is 9.58. The lowest BCUT2D eigenvalue weighted by molar-refractivity contribution is -0.139. The second-order valence-electron chi connectivity index (χ2n) is 6.30. The fraction of sp³-hybridized carbons (Fsp3) is 0.421. The number of ether oxygens (including phenoxy) is 1. The van der Waals surface area contributed by atoms with Crippen LogP contribution in [-0.4, -0.2) is 43.8 Å². The summed E-state index contributed by atoms with van der Waals surface area (Å²) in [6.45, 7) is 4.20. The lowest BCUT2D eigenvalue weighted by atomic mass is 9.76. The van der Waals surface area contributed by atoms with Crippen molar-refractivity contribution in [1.29, 1.82) is 5.26 Å². The topological polar surface area (TPSA) is 65.7 Å². The highest BCUT2D eigenvalue weighted by atomic mass is 19.1. The molecule has 0 N–H and O–H groups in total. The largest absolute Gasteiger partial charge is 0.461 e. The van der Waals surface area contributed by atoms with Crippen molar-refractivity contribution in [2.75, 3.05) is 27.2 Å². The molecule has 2 rings (SSSR count). The summed E-state index contributed by atoms with van der Waals surface area (Å²) in [4.78, 5) is 18.9. The third kappa shape index (κ3) is 4.12. The van der Waals surface area contributed by atoms with Crippen LogP contribution in [0.3, 0.4) is 0 Å². The number of esters is 1. The Kier molecular flexibility index (Phi) is 6.05. The minimum atomic E-state index is -0.726. The van der Waals surface area contributed by atoms with E-state index >= 15 is 0 Å². The van der Waals surface area contributed by atoms with Gasteiger partial charge >= 0.3 is 5.97 Å². The second kappa shape index (κ2) is 8.04. The van der Waals surface area contributed by atoms with Crippen molar-refractivity contribution in [2.24, 2.45) is 10.9 Å². The Hall–Kier alpha value is -2.52. The summed E-state index contributed by atoms with van der Waals surface area (Å²) in [6.07, 6.45) is 0. The maximum Gasteiger partial charge on any atom is 0.336 e. The number of aliphatic imine (C=N–C) groups is 1. The van der Waals surface area contributed by atoms with Crippen molar-refractivity contribution in [1.82, 2.24) is 4.90 Å². The van der Waals surface area contributed by atoms with Crippen molar-refractivity contribution in [3.8, 4) is 6.07 Å². The van der Waals surface area contributed by atoms with Crippen LogP contribution in [0.25, 0.3) is 0 Å². The minimum Gasteiger partial charge on any atom is -0.461 e. The monoisotopic (exact) mass is 343 g/mol. The molecular formula is C19H22FN3O2. The summed E-state index contributed by atoms with van der Waals surface area (Å²) in [6, 6.07) is 8.36. The van der Waals surface area contributed by atoms with Crippen molar-refractivity contribution in [3.05, 3.63) is 46.9 Å². The number of hydrogen-bond acceptors (Lipinski definition) is 5. The van der Waals surface area contributed by atoms with Gasteiger partial charge in [0.05, 0.1) is 17.6 Å². The van der Waals surface area contributed by atoms with E-state index in [2.05, 4.69) is 11.1 Å². The fourth-order valence-electron chi connectivity index (χ4n) is 2.93. The molecule has 1 heterocycles. The van der Waals surface area contributed by atoms with Gasteiger partial charge < -0.3 is 9.64 Å². The molecule has 0 aromatic heterocycles. The molecule has 25 heavy (non-hydrogen) atoms. The number of carbonyl (C=O) groups excluding carboxylic acids is 1. The Morgan fingerprint density at radius 1 is 1.36 bits per heavy atom. The standard InChI is InChI=1S/C19H22FN3O2/c1-12-15(11-21)18(14-7-5-6-8-16(14)20)17(13(2)22-12)19(24)25-10-9-23(3)4/h5-8,15,18H,9-10H2,1-4H3. The van der Waals surface area contributed by atoms with Crippen LogP contribution in [0.1, 0.15) is 25.3 Å². The van der Waals surface area contributed by atoms with Crippen LogP contribution in [0.2, 0.25) is 0 Å². The average molecular weight is 343 g/mol.